The van der Waals surface area contributed by atoms with E-state index < -0.39 is 0 Å². The van der Waals surface area contributed by atoms with Crippen molar-refractivity contribution in [1.82, 2.24) is 20.3 Å². The molecule has 3 N–H and O–H groups in total. The first-order valence-electron chi connectivity index (χ1n) is 8.67. The highest BCUT2D eigenvalue weighted by atomic mass is 16.2. The zero-order valence-corrected chi connectivity index (χ0v) is 14.1. The second-order valence-electron chi connectivity index (χ2n) is 6.60. The van der Waals surface area contributed by atoms with Crippen molar-refractivity contribution in [2.45, 2.75) is 45.1 Å². The van der Waals surface area contributed by atoms with Crippen LogP contribution in [-0.4, -0.2) is 33.5 Å². The Hall–Kier alpha value is -2.21. The molecule has 1 aliphatic carbocycles. The second-order valence-corrected chi connectivity index (χ2v) is 6.60. The molecule has 0 saturated heterocycles. The van der Waals surface area contributed by atoms with Crippen LogP contribution in [0.1, 0.15) is 48.2 Å². The lowest BCUT2D eigenvalue weighted by Gasteiger charge is -2.29. The average Bonchev–Trinajstić information content (AvgIpc) is 3.10. The Kier molecular flexibility index (Phi) is 5.25. The standard InChI is InChI=1S/C18H25N5O/c1-13-6-5-9-15(10-13)23-12-17(21-22-23)18(24)20-16(11-19)14-7-3-2-4-8-14/h5-6,9-10,12,14,16H,2-4,7-8,11,19H2,1H3,(H,20,24). The van der Waals surface area contributed by atoms with Crippen molar-refractivity contribution in [3.05, 3.63) is 41.7 Å². The average molecular weight is 327 g/mol. The van der Waals surface area contributed by atoms with Crippen molar-refractivity contribution in [3.8, 4) is 5.69 Å². The van der Waals surface area contributed by atoms with Gasteiger partial charge in [0.1, 0.15) is 0 Å². The number of hydrogen-bond acceptors (Lipinski definition) is 4. The third kappa shape index (κ3) is 3.82. The summed E-state index contributed by atoms with van der Waals surface area (Å²) >= 11 is 0. The number of aromatic nitrogens is 3. The summed E-state index contributed by atoms with van der Waals surface area (Å²) in [6.07, 6.45) is 7.67. The lowest BCUT2D eigenvalue weighted by atomic mass is 9.84. The molecule has 128 valence electrons. The molecule has 1 atom stereocenters. The summed E-state index contributed by atoms with van der Waals surface area (Å²) in [5.74, 6) is 0.273. The van der Waals surface area contributed by atoms with Gasteiger partial charge >= 0.3 is 0 Å². The molecular formula is C18H25N5O. The lowest BCUT2D eigenvalue weighted by Crippen LogP contribution is -2.46. The van der Waals surface area contributed by atoms with Crippen LogP contribution in [0.25, 0.3) is 5.69 Å². The predicted molar refractivity (Wildman–Crippen MR) is 93.0 cm³/mol. The van der Waals surface area contributed by atoms with E-state index in [1.54, 1.807) is 10.9 Å². The van der Waals surface area contributed by atoms with Gasteiger partial charge in [0, 0.05) is 12.6 Å². The van der Waals surface area contributed by atoms with Gasteiger partial charge in [-0.25, -0.2) is 4.68 Å². The molecule has 1 aromatic carbocycles. The fourth-order valence-electron chi connectivity index (χ4n) is 3.41. The summed E-state index contributed by atoms with van der Waals surface area (Å²) in [4.78, 5) is 12.5. The maximum absolute atomic E-state index is 12.5. The molecule has 6 heteroatoms. The van der Waals surface area contributed by atoms with Crippen LogP contribution in [-0.2, 0) is 0 Å². The summed E-state index contributed by atoms with van der Waals surface area (Å²) in [7, 11) is 0. The van der Waals surface area contributed by atoms with Crippen molar-refractivity contribution in [2.75, 3.05) is 6.54 Å². The number of hydrogen-bond donors (Lipinski definition) is 2. The summed E-state index contributed by atoms with van der Waals surface area (Å²) in [5.41, 5.74) is 8.24. The fourth-order valence-corrected chi connectivity index (χ4v) is 3.41. The third-order valence-corrected chi connectivity index (χ3v) is 4.78. The van der Waals surface area contributed by atoms with Crippen LogP contribution >= 0.6 is 0 Å². The number of nitrogens with one attached hydrogen (secondary N) is 1. The molecule has 24 heavy (non-hydrogen) atoms. The molecule has 1 aliphatic rings. The molecule has 1 amide bonds. The zero-order chi connectivity index (χ0) is 16.9. The number of rotatable bonds is 5. The lowest BCUT2D eigenvalue weighted by molar-refractivity contribution is 0.0910. The van der Waals surface area contributed by atoms with E-state index in [-0.39, 0.29) is 11.9 Å². The number of carbonyl (C=O) groups excluding carboxylic acids is 1. The van der Waals surface area contributed by atoms with Crippen LogP contribution in [0.15, 0.2) is 30.5 Å². The Morgan fingerprint density at radius 3 is 2.88 bits per heavy atom. The molecule has 1 heterocycles. The first kappa shape index (κ1) is 16.6. The number of nitrogens with zero attached hydrogens (tertiary/aromatic N) is 3. The van der Waals surface area contributed by atoms with E-state index in [1.807, 2.05) is 31.2 Å². The number of amides is 1. The highest BCUT2D eigenvalue weighted by Crippen LogP contribution is 2.26. The van der Waals surface area contributed by atoms with Crippen molar-refractivity contribution in [3.63, 3.8) is 0 Å². The van der Waals surface area contributed by atoms with Crippen LogP contribution in [0.2, 0.25) is 0 Å². The minimum Gasteiger partial charge on any atom is -0.346 e. The molecule has 0 spiro atoms. The van der Waals surface area contributed by atoms with E-state index in [1.165, 1.54) is 19.3 Å². The number of carbonyl (C=O) groups is 1. The molecule has 3 rings (SSSR count). The topological polar surface area (TPSA) is 85.8 Å². The van der Waals surface area contributed by atoms with Crippen LogP contribution in [0.4, 0.5) is 0 Å². The molecule has 0 bridgehead atoms. The highest BCUT2D eigenvalue weighted by molar-refractivity contribution is 5.92. The molecular weight excluding hydrogens is 302 g/mol. The van der Waals surface area contributed by atoms with Gasteiger partial charge in [-0.15, -0.1) is 5.10 Å². The van der Waals surface area contributed by atoms with Crippen LogP contribution < -0.4 is 11.1 Å². The summed E-state index contributed by atoms with van der Waals surface area (Å²) in [6.45, 7) is 2.48. The summed E-state index contributed by atoms with van der Waals surface area (Å²) in [6, 6.07) is 7.93. The molecule has 1 saturated carbocycles. The maximum atomic E-state index is 12.5. The Morgan fingerprint density at radius 1 is 1.38 bits per heavy atom. The van der Waals surface area contributed by atoms with Crippen molar-refractivity contribution >= 4 is 5.91 Å². The van der Waals surface area contributed by atoms with Gasteiger partial charge in [-0.05, 0) is 43.4 Å². The quantitative estimate of drug-likeness (QED) is 0.881. The molecule has 0 aliphatic heterocycles. The van der Waals surface area contributed by atoms with Gasteiger partial charge in [0.05, 0.1) is 11.9 Å². The third-order valence-electron chi connectivity index (χ3n) is 4.78. The Morgan fingerprint density at radius 2 is 2.17 bits per heavy atom. The van der Waals surface area contributed by atoms with Crippen molar-refractivity contribution < 1.29 is 4.79 Å². The Labute approximate surface area is 142 Å². The normalized spacial score (nSPS) is 16.8. The van der Waals surface area contributed by atoms with Gasteiger partial charge in [-0.3, -0.25) is 4.79 Å². The number of benzene rings is 1. The SMILES string of the molecule is Cc1cccc(-n2cc(C(=O)NC(CN)C3CCCCC3)nn2)c1. The van der Waals surface area contributed by atoms with Crippen LogP contribution in [0, 0.1) is 12.8 Å². The Balaban J connectivity index is 1.68. The summed E-state index contributed by atoms with van der Waals surface area (Å²) in [5, 5.41) is 11.1. The van der Waals surface area contributed by atoms with Gasteiger partial charge in [0.15, 0.2) is 5.69 Å². The molecule has 6 nitrogen and oxygen atoms in total. The monoisotopic (exact) mass is 327 g/mol. The molecule has 1 aromatic heterocycles. The second kappa shape index (κ2) is 7.57. The van der Waals surface area contributed by atoms with Gasteiger partial charge < -0.3 is 11.1 Å². The fraction of sp³-hybridized carbons (Fsp3) is 0.500. The van der Waals surface area contributed by atoms with Gasteiger partial charge in [0.25, 0.3) is 5.91 Å². The molecule has 0 radical (unpaired) electrons. The minimum absolute atomic E-state index is 0.0157. The first-order chi connectivity index (χ1) is 11.7. The Bertz CT molecular complexity index is 690. The van der Waals surface area contributed by atoms with E-state index in [9.17, 15) is 4.79 Å². The number of aryl methyl sites for hydroxylation is 1. The first-order valence-corrected chi connectivity index (χ1v) is 8.67. The van der Waals surface area contributed by atoms with E-state index in [0.29, 0.717) is 18.2 Å². The number of nitrogens with two attached hydrogens (primary N) is 1. The van der Waals surface area contributed by atoms with E-state index in [0.717, 1.165) is 24.1 Å². The van der Waals surface area contributed by atoms with Crippen molar-refractivity contribution in [2.24, 2.45) is 11.7 Å². The zero-order valence-electron chi connectivity index (χ0n) is 14.1. The van der Waals surface area contributed by atoms with E-state index in [2.05, 4.69) is 15.6 Å². The van der Waals surface area contributed by atoms with Crippen LogP contribution in [0.3, 0.4) is 0 Å². The molecule has 1 fully saturated rings. The molecule has 1 unspecified atom stereocenters. The van der Waals surface area contributed by atoms with Gasteiger partial charge in [-0.2, -0.15) is 0 Å². The van der Waals surface area contributed by atoms with Gasteiger partial charge in [-0.1, -0.05) is 36.6 Å². The minimum atomic E-state index is -0.199. The van der Waals surface area contributed by atoms with E-state index in [4.69, 9.17) is 5.73 Å². The largest absolute Gasteiger partial charge is 0.346 e. The highest BCUT2D eigenvalue weighted by Gasteiger charge is 2.25. The molecule has 2 aromatic rings. The van der Waals surface area contributed by atoms with Crippen LogP contribution in [0.5, 0.6) is 0 Å². The predicted octanol–water partition coefficient (Wildman–Crippen LogP) is 2.21. The van der Waals surface area contributed by atoms with Crippen molar-refractivity contribution in [1.29, 1.82) is 0 Å². The smallest absolute Gasteiger partial charge is 0.273 e. The van der Waals surface area contributed by atoms with Gasteiger partial charge in [0.2, 0.25) is 0 Å². The van der Waals surface area contributed by atoms with E-state index >= 15 is 0 Å². The maximum Gasteiger partial charge on any atom is 0.273 e. The summed E-state index contributed by atoms with van der Waals surface area (Å²) < 4.78 is 1.62.